The van der Waals surface area contributed by atoms with Gasteiger partial charge in [0.15, 0.2) is 0 Å². The standard InChI is InChI=1S/B3H4I3/c1-3(2)6(4)5/h1-2H2. The Kier molecular flexibility index (Phi) is 5.98. The molecule has 0 aliphatic rings. The van der Waals surface area contributed by atoms with Crippen molar-refractivity contribution in [3.8, 4) is 0 Å². The number of hydrogen-bond acceptors (Lipinski definition) is 0. The van der Waals surface area contributed by atoms with Crippen LogP contribution < -0.4 is 0 Å². The quantitative estimate of drug-likeness (QED) is 0.430. The van der Waals surface area contributed by atoms with Gasteiger partial charge in [-0.3, -0.25) is 0 Å². The molecule has 0 saturated carbocycles. The summed E-state index contributed by atoms with van der Waals surface area (Å²) < 4.78 is 0.982. The summed E-state index contributed by atoms with van der Waals surface area (Å²) in [6.07, 6.45) is 0. The van der Waals surface area contributed by atoms with Crippen LogP contribution in [0.25, 0.3) is 0 Å². The van der Waals surface area contributed by atoms with Crippen molar-refractivity contribution in [2.24, 2.45) is 0 Å². The van der Waals surface area contributed by atoms with Crippen LogP contribution in [0.5, 0.6) is 0 Å². The Morgan fingerprint density at radius 3 is 1.50 bits per heavy atom. The van der Waals surface area contributed by atoms with Crippen molar-refractivity contribution in [3.63, 3.8) is 0 Å². The molecule has 0 aromatic rings. The van der Waals surface area contributed by atoms with Crippen molar-refractivity contribution in [2.45, 2.75) is 0 Å². The Morgan fingerprint density at radius 1 is 1.33 bits per heavy atom. The summed E-state index contributed by atoms with van der Waals surface area (Å²) in [5, 5.41) is 0. The monoisotopic (exact) mass is 418 g/mol. The first-order valence-corrected chi connectivity index (χ1v) is 15.5. The molecule has 0 aromatic heterocycles. The molecule has 0 aliphatic heterocycles. The second-order valence-corrected chi connectivity index (χ2v) is 27.2. The molecule has 0 amide bonds. The van der Waals surface area contributed by atoms with Gasteiger partial charge in [-0.1, -0.05) is 0 Å². The van der Waals surface area contributed by atoms with E-state index in [9.17, 15) is 0 Å². The summed E-state index contributed by atoms with van der Waals surface area (Å²) in [5.74, 6) is 0. The van der Waals surface area contributed by atoms with E-state index in [4.69, 9.17) is 0 Å². The van der Waals surface area contributed by atoms with Crippen LogP contribution in [-0.2, 0) is 0 Å². The molecule has 0 saturated heterocycles. The van der Waals surface area contributed by atoms with E-state index < -0.39 is 11.7 Å². The van der Waals surface area contributed by atoms with Gasteiger partial charge in [-0.2, -0.15) is 0 Å². The average Bonchev–Trinajstić information content (AvgIpc) is 1.36. The minimum absolute atomic E-state index is 0.444. The first-order valence-electron chi connectivity index (χ1n) is 1.66. The van der Waals surface area contributed by atoms with Crippen molar-refractivity contribution in [1.29, 1.82) is 0 Å². The van der Waals surface area contributed by atoms with E-state index in [1.54, 1.807) is 0 Å². The molecule has 34 valence electrons. The molecule has 0 radical (unpaired) electrons. The van der Waals surface area contributed by atoms with E-state index in [2.05, 4.69) is 52.7 Å². The third-order valence-electron chi connectivity index (χ3n) is 0.330. The zero-order valence-electron chi connectivity index (χ0n) is 3.71. The van der Waals surface area contributed by atoms with Crippen LogP contribution >= 0.6 is 48.9 Å². The number of rotatable bonds is 1. The van der Waals surface area contributed by atoms with Gasteiger partial charge in [0.2, 0.25) is 0 Å². The zero-order chi connectivity index (χ0) is 5.15. The molecule has 0 unspecified atom stereocenters. The SMILES string of the molecule is BB(B)I(I)I. The Balaban J connectivity index is 2.99. The minimum atomic E-state index is -0.444. The van der Waals surface area contributed by atoms with Gasteiger partial charge in [0.05, 0.1) is 0 Å². The van der Waals surface area contributed by atoms with Crippen LogP contribution in [0.1, 0.15) is 0 Å². The summed E-state index contributed by atoms with van der Waals surface area (Å²) in [7, 11) is 4.59. The van der Waals surface area contributed by atoms with Crippen LogP contribution in [0.15, 0.2) is 0 Å². The Morgan fingerprint density at radius 2 is 1.50 bits per heavy atom. The van der Waals surface area contributed by atoms with Crippen molar-refractivity contribution in [2.75, 3.05) is 0 Å². The van der Waals surface area contributed by atoms with E-state index in [1.165, 1.54) is 0 Å². The summed E-state index contributed by atoms with van der Waals surface area (Å²) in [5.41, 5.74) is 0. The fourth-order valence-electron chi connectivity index (χ4n) is 0. The molecule has 0 bridgehead atoms. The van der Waals surface area contributed by atoms with Crippen molar-refractivity contribution in [1.82, 2.24) is 0 Å². The number of hydrogen-bond donors (Lipinski definition) is 0. The molecule has 0 spiro atoms. The van der Waals surface area contributed by atoms with E-state index in [0.29, 0.717) is 0 Å². The number of halogens is 3. The Hall–Kier alpha value is 2.38. The molecule has 0 aromatic carbocycles. The Bertz CT molecular complexity index is 27.0. The molecule has 0 aliphatic carbocycles. The van der Waals surface area contributed by atoms with Crippen molar-refractivity contribution >= 4 is 68.7 Å². The fourth-order valence-corrected chi connectivity index (χ4v) is 0. The second-order valence-electron chi connectivity index (χ2n) is 1.23. The third kappa shape index (κ3) is 4.54. The first-order chi connectivity index (χ1) is 2.64. The van der Waals surface area contributed by atoms with Crippen LogP contribution in [0.3, 0.4) is 0 Å². The van der Waals surface area contributed by atoms with Gasteiger partial charge in [0.1, 0.15) is 0 Å². The predicted molar refractivity (Wildman–Crippen MR) is 64.9 cm³/mol. The Labute approximate surface area is 67.3 Å². The molecule has 0 nitrogen and oxygen atoms in total. The van der Waals surface area contributed by atoms with E-state index in [0.717, 1.165) is 4.35 Å². The van der Waals surface area contributed by atoms with Gasteiger partial charge in [0.25, 0.3) is 0 Å². The summed E-state index contributed by atoms with van der Waals surface area (Å²) >= 11 is 4.71. The third-order valence-corrected chi connectivity index (χ3v) is 14.8. The molecule has 0 fully saturated rings. The molecule has 0 heterocycles. The maximum absolute atomic E-state index is 2.58. The predicted octanol–water partition coefficient (Wildman–Crippen LogP) is 0.444. The fraction of sp³-hybridized carbons (Fsp3) is 0. The molecule has 6 heavy (non-hydrogen) atoms. The normalized spacial score (nSPS) is 10.7. The van der Waals surface area contributed by atoms with Crippen molar-refractivity contribution < 1.29 is 0 Å². The molecule has 6 heteroatoms. The van der Waals surface area contributed by atoms with Crippen LogP contribution in [0.2, 0.25) is 0 Å². The van der Waals surface area contributed by atoms with Gasteiger partial charge in [-0.05, 0) is 0 Å². The van der Waals surface area contributed by atoms with Crippen LogP contribution in [-0.4, -0.2) is 19.8 Å². The van der Waals surface area contributed by atoms with Crippen LogP contribution in [0.4, 0.5) is 0 Å². The van der Waals surface area contributed by atoms with Gasteiger partial charge < -0.3 is 0 Å². The van der Waals surface area contributed by atoms with Crippen LogP contribution in [0, 0.1) is 0 Å². The molecular weight excluding hydrogens is 413 g/mol. The molecular formula is H4B3I3. The molecule has 0 N–H and O–H groups in total. The van der Waals surface area contributed by atoms with Gasteiger partial charge in [0, 0.05) is 0 Å². The van der Waals surface area contributed by atoms with E-state index >= 15 is 0 Å². The second kappa shape index (κ2) is 4.28. The first kappa shape index (κ1) is 8.38. The molecule has 0 atom stereocenters. The maximum atomic E-state index is 2.58. The van der Waals surface area contributed by atoms with Gasteiger partial charge in [-0.15, -0.1) is 0 Å². The topological polar surface area (TPSA) is 0 Å². The summed E-state index contributed by atoms with van der Waals surface area (Å²) in [6.45, 7) is 0. The zero-order valence-corrected chi connectivity index (χ0v) is 10.2. The van der Waals surface area contributed by atoms with Gasteiger partial charge in [-0.25, -0.2) is 0 Å². The van der Waals surface area contributed by atoms with E-state index in [-0.39, 0.29) is 0 Å². The average molecular weight is 417 g/mol. The van der Waals surface area contributed by atoms with Gasteiger partial charge >= 0.3 is 68.7 Å². The van der Waals surface area contributed by atoms with E-state index in [1.807, 2.05) is 0 Å². The summed E-state index contributed by atoms with van der Waals surface area (Å²) in [6, 6.07) is 0. The molecule has 0 rings (SSSR count). The van der Waals surface area contributed by atoms with Crippen molar-refractivity contribution in [3.05, 3.63) is 0 Å². The summed E-state index contributed by atoms with van der Waals surface area (Å²) in [4.78, 5) is 0.